The molecule has 0 radical (unpaired) electrons. The van der Waals surface area contributed by atoms with Gasteiger partial charge >= 0.3 is 0 Å². The van der Waals surface area contributed by atoms with Crippen molar-refractivity contribution in [3.05, 3.63) is 71.4 Å². The highest BCUT2D eigenvalue weighted by atomic mass is 16.1. The van der Waals surface area contributed by atoms with Gasteiger partial charge in [0, 0.05) is 17.1 Å². The van der Waals surface area contributed by atoms with Crippen LogP contribution in [0.2, 0.25) is 0 Å². The molecule has 1 aliphatic carbocycles. The topological polar surface area (TPSA) is 42.0 Å². The van der Waals surface area contributed by atoms with E-state index in [1.807, 2.05) is 49.4 Å². The molecule has 1 heterocycles. The first-order valence-electron chi connectivity index (χ1n) is 8.46. The summed E-state index contributed by atoms with van der Waals surface area (Å²) in [6.45, 7) is 2.01. The minimum Gasteiger partial charge on any atom is -0.320 e. The lowest BCUT2D eigenvalue weighted by atomic mass is 9.97. The third-order valence-electron chi connectivity index (χ3n) is 4.67. The van der Waals surface area contributed by atoms with E-state index in [0.29, 0.717) is 0 Å². The fourth-order valence-corrected chi connectivity index (χ4v) is 3.25. The van der Waals surface area contributed by atoms with E-state index >= 15 is 0 Å². The van der Waals surface area contributed by atoms with Crippen LogP contribution in [0.5, 0.6) is 0 Å². The Morgan fingerprint density at radius 3 is 2.75 bits per heavy atom. The largest absolute Gasteiger partial charge is 0.320 e. The number of benzene rings is 2. The van der Waals surface area contributed by atoms with Gasteiger partial charge in [0.15, 0.2) is 0 Å². The zero-order chi connectivity index (χ0) is 16.5. The van der Waals surface area contributed by atoms with Gasteiger partial charge in [-0.3, -0.25) is 9.78 Å². The second kappa shape index (κ2) is 6.08. The fraction of sp³-hybridized carbons (Fsp3) is 0.238. The van der Waals surface area contributed by atoms with Gasteiger partial charge in [0.1, 0.15) is 0 Å². The van der Waals surface area contributed by atoms with Gasteiger partial charge in [0.25, 0.3) is 5.91 Å². The van der Waals surface area contributed by atoms with Crippen LogP contribution in [-0.2, 0) is 6.42 Å². The predicted molar refractivity (Wildman–Crippen MR) is 97.3 cm³/mol. The maximum absolute atomic E-state index is 13.0. The van der Waals surface area contributed by atoms with Gasteiger partial charge in [-0.2, -0.15) is 0 Å². The number of fused-ring (bicyclic) bond motifs is 1. The van der Waals surface area contributed by atoms with Crippen LogP contribution in [0.1, 0.15) is 34.3 Å². The molecule has 1 fully saturated rings. The first-order valence-corrected chi connectivity index (χ1v) is 8.46. The molecule has 1 aromatic heterocycles. The lowest BCUT2D eigenvalue weighted by molar-refractivity contribution is 0.102. The fourth-order valence-electron chi connectivity index (χ4n) is 3.25. The third-order valence-corrected chi connectivity index (χ3v) is 4.67. The van der Waals surface area contributed by atoms with E-state index in [-0.39, 0.29) is 5.91 Å². The molecule has 0 bridgehead atoms. The average molecular weight is 316 g/mol. The Morgan fingerprint density at radius 1 is 1.12 bits per heavy atom. The molecule has 3 aromatic rings. The molecular formula is C21H20N2O. The first-order chi connectivity index (χ1) is 11.7. The summed E-state index contributed by atoms with van der Waals surface area (Å²) in [4.78, 5) is 17.4. The highest BCUT2D eigenvalue weighted by Crippen LogP contribution is 2.34. The number of aromatic nitrogens is 1. The molecule has 0 unspecified atom stereocenters. The van der Waals surface area contributed by atoms with Crippen molar-refractivity contribution < 1.29 is 4.79 Å². The van der Waals surface area contributed by atoms with Gasteiger partial charge in [-0.15, -0.1) is 0 Å². The minimum atomic E-state index is -0.0399. The van der Waals surface area contributed by atoms with Crippen molar-refractivity contribution in [3.63, 3.8) is 0 Å². The Kier molecular flexibility index (Phi) is 3.77. The number of carbonyl (C=O) groups is 1. The number of para-hydroxylation sites is 1. The van der Waals surface area contributed by atoms with Crippen molar-refractivity contribution in [2.24, 2.45) is 5.92 Å². The molecule has 0 atom stereocenters. The van der Waals surface area contributed by atoms with Crippen LogP contribution >= 0.6 is 0 Å². The maximum Gasteiger partial charge on any atom is 0.256 e. The van der Waals surface area contributed by atoms with E-state index in [1.54, 1.807) is 6.20 Å². The van der Waals surface area contributed by atoms with Gasteiger partial charge in [-0.05, 0) is 55.4 Å². The second-order valence-electron chi connectivity index (χ2n) is 6.59. The number of anilines is 1. The Bertz CT molecular complexity index is 907. The first kappa shape index (κ1) is 14.9. The van der Waals surface area contributed by atoms with E-state index in [9.17, 15) is 4.79 Å². The van der Waals surface area contributed by atoms with Crippen LogP contribution in [0, 0.1) is 12.8 Å². The monoisotopic (exact) mass is 316 g/mol. The normalized spacial score (nSPS) is 13.9. The van der Waals surface area contributed by atoms with Gasteiger partial charge in [-0.25, -0.2) is 0 Å². The van der Waals surface area contributed by atoms with Gasteiger partial charge in [0.2, 0.25) is 0 Å². The van der Waals surface area contributed by atoms with Crippen molar-refractivity contribution in [1.82, 2.24) is 4.98 Å². The summed E-state index contributed by atoms with van der Waals surface area (Å²) < 4.78 is 0. The molecule has 24 heavy (non-hydrogen) atoms. The summed E-state index contributed by atoms with van der Waals surface area (Å²) in [5.41, 5.74) is 4.59. The summed E-state index contributed by atoms with van der Waals surface area (Å²) in [5.74, 6) is 0.708. The Morgan fingerprint density at radius 2 is 1.92 bits per heavy atom. The van der Waals surface area contributed by atoms with E-state index in [0.717, 1.165) is 45.6 Å². The number of pyridine rings is 1. The number of amides is 1. The molecule has 1 aliphatic rings. The molecule has 4 rings (SSSR count). The Balaban J connectivity index is 1.69. The number of carbonyl (C=O) groups excluding carboxylic acids is 1. The van der Waals surface area contributed by atoms with Crippen LogP contribution in [0.15, 0.2) is 54.7 Å². The van der Waals surface area contributed by atoms with Crippen LogP contribution in [0.4, 0.5) is 5.69 Å². The summed E-state index contributed by atoms with van der Waals surface area (Å²) in [6.07, 6.45) is 5.31. The van der Waals surface area contributed by atoms with Crippen molar-refractivity contribution in [3.8, 4) is 0 Å². The lowest BCUT2D eigenvalue weighted by Gasteiger charge is -2.13. The van der Waals surface area contributed by atoms with E-state index in [4.69, 9.17) is 0 Å². The molecule has 1 saturated carbocycles. The third kappa shape index (κ3) is 2.90. The molecule has 1 amide bonds. The van der Waals surface area contributed by atoms with E-state index < -0.39 is 0 Å². The Hall–Kier alpha value is -2.68. The summed E-state index contributed by atoms with van der Waals surface area (Å²) in [7, 11) is 0. The van der Waals surface area contributed by atoms with Gasteiger partial charge in [-0.1, -0.05) is 36.4 Å². The van der Waals surface area contributed by atoms with Crippen molar-refractivity contribution in [2.45, 2.75) is 26.2 Å². The van der Waals surface area contributed by atoms with Crippen LogP contribution in [0.25, 0.3) is 10.9 Å². The molecule has 3 nitrogen and oxygen atoms in total. The number of hydrogen-bond donors (Lipinski definition) is 1. The van der Waals surface area contributed by atoms with Crippen molar-refractivity contribution in [1.29, 1.82) is 0 Å². The van der Waals surface area contributed by atoms with Gasteiger partial charge in [0.05, 0.1) is 11.2 Å². The standard InChI is InChI=1S/C21H20N2O/c1-14-5-2-7-17(13-15-10-11-15)19(14)21(24)23-18-9-3-6-16-8-4-12-22-20(16)18/h2-9,12,15H,10-11,13H2,1H3,(H,23,24). The van der Waals surface area contributed by atoms with Gasteiger partial charge < -0.3 is 5.32 Å². The van der Waals surface area contributed by atoms with E-state index in [2.05, 4.69) is 16.4 Å². The minimum absolute atomic E-state index is 0.0399. The maximum atomic E-state index is 13.0. The molecule has 0 aliphatic heterocycles. The molecular weight excluding hydrogens is 296 g/mol. The Labute approximate surface area is 141 Å². The number of aryl methyl sites for hydroxylation is 1. The number of hydrogen-bond acceptors (Lipinski definition) is 2. The molecule has 0 spiro atoms. The van der Waals surface area contributed by atoms with Crippen molar-refractivity contribution in [2.75, 3.05) is 5.32 Å². The lowest BCUT2D eigenvalue weighted by Crippen LogP contribution is -2.16. The zero-order valence-electron chi connectivity index (χ0n) is 13.8. The number of rotatable bonds is 4. The highest BCUT2D eigenvalue weighted by molar-refractivity contribution is 6.09. The number of nitrogens with one attached hydrogen (secondary N) is 1. The second-order valence-corrected chi connectivity index (χ2v) is 6.59. The molecule has 1 N–H and O–H groups in total. The smallest absolute Gasteiger partial charge is 0.256 e. The average Bonchev–Trinajstić information content (AvgIpc) is 3.39. The molecule has 3 heteroatoms. The molecule has 120 valence electrons. The summed E-state index contributed by atoms with van der Waals surface area (Å²) in [5, 5.41) is 4.10. The van der Waals surface area contributed by atoms with Crippen LogP contribution in [-0.4, -0.2) is 10.9 Å². The van der Waals surface area contributed by atoms with Crippen molar-refractivity contribution >= 4 is 22.5 Å². The predicted octanol–water partition coefficient (Wildman–Crippen LogP) is 4.75. The quantitative estimate of drug-likeness (QED) is 0.755. The SMILES string of the molecule is Cc1cccc(CC2CC2)c1C(=O)Nc1cccc2cccnc12. The molecule has 2 aromatic carbocycles. The summed E-state index contributed by atoms with van der Waals surface area (Å²) >= 11 is 0. The summed E-state index contributed by atoms with van der Waals surface area (Å²) in [6, 6.07) is 15.9. The number of nitrogens with zero attached hydrogens (tertiary/aromatic N) is 1. The van der Waals surface area contributed by atoms with Crippen LogP contribution < -0.4 is 5.32 Å². The zero-order valence-corrected chi connectivity index (χ0v) is 13.8. The highest BCUT2D eigenvalue weighted by Gasteiger charge is 2.24. The van der Waals surface area contributed by atoms with E-state index in [1.165, 1.54) is 12.8 Å². The van der Waals surface area contributed by atoms with Crippen LogP contribution in [0.3, 0.4) is 0 Å². The molecule has 0 saturated heterocycles.